The lowest BCUT2D eigenvalue weighted by atomic mass is 10.2. The highest BCUT2D eigenvalue weighted by molar-refractivity contribution is 6.06. The van der Waals surface area contributed by atoms with Gasteiger partial charge in [0.2, 0.25) is 0 Å². The molecule has 0 spiro atoms. The predicted octanol–water partition coefficient (Wildman–Crippen LogP) is 2.11. The number of amides is 1. The summed E-state index contributed by atoms with van der Waals surface area (Å²) in [6.45, 7) is 0. The molecule has 2 N–H and O–H groups in total. The van der Waals surface area contributed by atoms with Gasteiger partial charge < -0.3 is 15.3 Å². The summed E-state index contributed by atoms with van der Waals surface area (Å²) in [4.78, 5) is 17.9. The third kappa shape index (κ3) is 2.82. The SMILES string of the molecule is CNc1cc(C(=O)N(C)c2ccc(O)cc2)ccn1. The van der Waals surface area contributed by atoms with Crippen LogP contribution >= 0.6 is 0 Å². The summed E-state index contributed by atoms with van der Waals surface area (Å²) in [6, 6.07) is 9.83. The van der Waals surface area contributed by atoms with E-state index < -0.39 is 0 Å². The number of pyridine rings is 1. The van der Waals surface area contributed by atoms with Gasteiger partial charge in [0, 0.05) is 31.5 Å². The Morgan fingerprint density at radius 3 is 2.58 bits per heavy atom. The zero-order valence-corrected chi connectivity index (χ0v) is 10.8. The van der Waals surface area contributed by atoms with E-state index in [9.17, 15) is 9.90 Å². The van der Waals surface area contributed by atoms with E-state index in [0.29, 0.717) is 17.1 Å². The molecule has 0 aliphatic heterocycles. The number of nitrogens with zero attached hydrogens (tertiary/aromatic N) is 2. The van der Waals surface area contributed by atoms with Crippen molar-refractivity contribution in [2.75, 3.05) is 24.3 Å². The van der Waals surface area contributed by atoms with Gasteiger partial charge in [-0.2, -0.15) is 0 Å². The highest BCUT2D eigenvalue weighted by Gasteiger charge is 2.13. The number of rotatable bonds is 3. The smallest absolute Gasteiger partial charge is 0.258 e. The van der Waals surface area contributed by atoms with Crippen molar-refractivity contribution in [2.24, 2.45) is 0 Å². The number of phenols is 1. The van der Waals surface area contributed by atoms with Gasteiger partial charge in [-0.1, -0.05) is 0 Å². The molecule has 2 rings (SSSR count). The minimum Gasteiger partial charge on any atom is -0.508 e. The zero-order chi connectivity index (χ0) is 13.8. The number of benzene rings is 1. The van der Waals surface area contributed by atoms with Crippen LogP contribution < -0.4 is 10.2 Å². The lowest BCUT2D eigenvalue weighted by molar-refractivity contribution is 0.0993. The number of carbonyl (C=O) groups excluding carboxylic acids is 1. The van der Waals surface area contributed by atoms with Gasteiger partial charge in [-0.05, 0) is 36.4 Å². The molecule has 0 bridgehead atoms. The van der Waals surface area contributed by atoms with E-state index in [-0.39, 0.29) is 11.7 Å². The standard InChI is InChI=1S/C14H15N3O2/c1-15-13-9-10(7-8-16-13)14(19)17(2)11-3-5-12(18)6-4-11/h3-9,18H,1-2H3,(H,15,16). The molecule has 0 radical (unpaired) electrons. The molecule has 0 aliphatic carbocycles. The minimum atomic E-state index is -0.135. The van der Waals surface area contributed by atoms with Crippen LogP contribution in [0.2, 0.25) is 0 Å². The van der Waals surface area contributed by atoms with Crippen LogP contribution in [0.4, 0.5) is 11.5 Å². The summed E-state index contributed by atoms with van der Waals surface area (Å²) in [5.74, 6) is 0.681. The number of phenolic OH excluding ortho intramolecular Hbond substituents is 1. The Bertz CT molecular complexity index is 581. The van der Waals surface area contributed by atoms with Crippen molar-refractivity contribution in [1.82, 2.24) is 4.98 Å². The van der Waals surface area contributed by atoms with Gasteiger partial charge in [0.05, 0.1) is 0 Å². The molecule has 0 saturated carbocycles. The van der Waals surface area contributed by atoms with Crippen LogP contribution in [-0.4, -0.2) is 30.1 Å². The molecule has 0 aliphatic rings. The number of anilines is 2. The molecular weight excluding hydrogens is 242 g/mol. The molecule has 0 fully saturated rings. The molecule has 5 heteroatoms. The summed E-state index contributed by atoms with van der Waals surface area (Å²) < 4.78 is 0. The lowest BCUT2D eigenvalue weighted by Crippen LogP contribution is -2.26. The monoisotopic (exact) mass is 257 g/mol. The molecule has 0 unspecified atom stereocenters. The largest absolute Gasteiger partial charge is 0.508 e. The Kier molecular flexibility index (Phi) is 3.66. The summed E-state index contributed by atoms with van der Waals surface area (Å²) in [7, 11) is 3.44. The Labute approximate surface area is 111 Å². The predicted molar refractivity (Wildman–Crippen MR) is 74.6 cm³/mol. The second kappa shape index (κ2) is 5.39. The highest BCUT2D eigenvalue weighted by Crippen LogP contribution is 2.19. The fraction of sp³-hybridized carbons (Fsp3) is 0.143. The Balaban J connectivity index is 2.25. The fourth-order valence-corrected chi connectivity index (χ4v) is 1.69. The van der Waals surface area contributed by atoms with Gasteiger partial charge in [0.25, 0.3) is 5.91 Å². The van der Waals surface area contributed by atoms with Crippen molar-refractivity contribution in [3.8, 4) is 5.75 Å². The van der Waals surface area contributed by atoms with E-state index in [2.05, 4.69) is 10.3 Å². The third-order valence-electron chi connectivity index (χ3n) is 2.80. The van der Waals surface area contributed by atoms with Crippen LogP contribution in [0.15, 0.2) is 42.6 Å². The summed E-state index contributed by atoms with van der Waals surface area (Å²) >= 11 is 0. The first kappa shape index (κ1) is 12.9. The van der Waals surface area contributed by atoms with Crippen molar-refractivity contribution < 1.29 is 9.90 Å². The molecule has 0 saturated heterocycles. The van der Waals surface area contributed by atoms with E-state index in [4.69, 9.17) is 0 Å². The van der Waals surface area contributed by atoms with Crippen molar-refractivity contribution in [2.45, 2.75) is 0 Å². The van der Waals surface area contributed by atoms with E-state index in [0.717, 1.165) is 0 Å². The maximum atomic E-state index is 12.3. The first-order valence-electron chi connectivity index (χ1n) is 5.82. The van der Waals surface area contributed by atoms with Gasteiger partial charge in [-0.3, -0.25) is 4.79 Å². The van der Waals surface area contributed by atoms with Crippen molar-refractivity contribution in [3.63, 3.8) is 0 Å². The quantitative estimate of drug-likeness (QED) is 0.883. The van der Waals surface area contributed by atoms with Crippen molar-refractivity contribution >= 4 is 17.4 Å². The number of hydrogen-bond donors (Lipinski definition) is 2. The van der Waals surface area contributed by atoms with Crippen LogP contribution in [0.25, 0.3) is 0 Å². The minimum absolute atomic E-state index is 0.135. The van der Waals surface area contributed by atoms with Crippen LogP contribution in [0.5, 0.6) is 5.75 Å². The second-order valence-corrected chi connectivity index (χ2v) is 4.06. The molecule has 1 amide bonds. The first-order chi connectivity index (χ1) is 9.11. The number of aromatic nitrogens is 1. The van der Waals surface area contributed by atoms with Crippen LogP contribution in [0.1, 0.15) is 10.4 Å². The number of nitrogens with one attached hydrogen (secondary N) is 1. The van der Waals surface area contributed by atoms with Gasteiger partial charge in [0.1, 0.15) is 11.6 Å². The van der Waals surface area contributed by atoms with Gasteiger partial charge in [0.15, 0.2) is 0 Å². The average molecular weight is 257 g/mol. The molecule has 19 heavy (non-hydrogen) atoms. The van der Waals surface area contributed by atoms with E-state index in [1.165, 1.54) is 4.90 Å². The second-order valence-electron chi connectivity index (χ2n) is 4.06. The summed E-state index contributed by atoms with van der Waals surface area (Å²) in [5, 5.41) is 12.1. The van der Waals surface area contributed by atoms with Gasteiger partial charge in [-0.25, -0.2) is 4.98 Å². The molecule has 0 atom stereocenters. The van der Waals surface area contributed by atoms with Crippen molar-refractivity contribution in [3.05, 3.63) is 48.2 Å². The molecule has 5 nitrogen and oxygen atoms in total. The normalized spacial score (nSPS) is 10.0. The molecule has 2 aromatic rings. The zero-order valence-electron chi connectivity index (χ0n) is 10.8. The highest BCUT2D eigenvalue weighted by atomic mass is 16.3. The van der Waals surface area contributed by atoms with Gasteiger partial charge >= 0.3 is 0 Å². The summed E-state index contributed by atoms with van der Waals surface area (Å²) in [6.07, 6.45) is 1.59. The maximum absolute atomic E-state index is 12.3. The first-order valence-corrected chi connectivity index (χ1v) is 5.82. The van der Waals surface area contributed by atoms with Crippen LogP contribution in [0, 0.1) is 0 Å². The molecule has 1 aromatic heterocycles. The van der Waals surface area contributed by atoms with Crippen LogP contribution in [-0.2, 0) is 0 Å². The topological polar surface area (TPSA) is 65.5 Å². The van der Waals surface area contributed by atoms with Crippen LogP contribution in [0.3, 0.4) is 0 Å². The number of carbonyl (C=O) groups is 1. The third-order valence-corrected chi connectivity index (χ3v) is 2.80. The summed E-state index contributed by atoms with van der Waals surface area (Å²) in [5.41, 5.74) is 1.26. The Morgan fingerprint density at radius 1 is 1.26 bits per heavy atom. The number of aromatic hydroxyl groups is 1. The van der Waals surface area contributed by atoms with Gasteiger partial charge in [-0.15, -0.1) is 0 Å². The maximum Gasteiger partial charge on any atom is 0.258 e. The molecule has 98 valence electrons. The van der Waals surface area contributed by atoms with E-state index in [1.54, 1.807) is 56.7 Å². The van der Waals surface area contributed by atoms with Crippen molar-refractivity contribution in [1.29, 1.82) is 0 Å². The Hall–Kier alpha value is -2.56. The molecule has 1 heterocycles. The number of hydrogen-bond acceptors (Lipinski definition) is 4. The molecule has 1 aromatic carbocycles. The van der Waals surface area contributed by atoms with E-state index >= 15 is 0 Å². The average Bonchev–Trinajstić information content (AvgIpc) is 2.46. The lowest BCUT2D eigenvalue weighted by Gasteiger charge is -2.17. The molecular formula is C14H15N3O2. The Morgan fingerprint density at radius 2 is 1.95 bits per heavy atom. The fourth-order valence-electron chi connectivity index (χ4n) is 1.69. The van der Waals surface area contributed by atoms with E-state index in [1.807, 2.05) is 0 Å².